The van der Waals surface area contributed by atoms with E-state index in [1.54, 1.807) is 12.1 Å². The molecule has 1 aliphatic rings. The molecular formula is C17H19N3O6S. The van der Waals surface area contributed by atoms with E-state index in [1.165, 1.54) is 23.5 Å². The molecule has 2 aromatic rings. The maximum Gasteiger partial charge on any atom is 0.342 e. The lowest BCUT2D eigenvalue weighted by molar-refractivity contribution is 0.0694. The molecule has 1 atom stereocenters. The lowest BCUT2D eigenvalue weighted by Gasteiger charge is -2.31. The first-order chi connectivity index (χ1) is 12.8. The molecule has 27 heavy (non-hydrogen) atoms. The highest BCUT2D eigenvalue weighted by atomic mass is 32.2. The van der Waals surface area contributed by atoms with E-state index in [1.807, 2.05) is 0 Å². The average molecular weight is 393 g/mol. The van der Waals surface area contributed by atoms with Crippen LogP contribution >= 0.6 is 0 Å². The first-order valence-electron chi connectivity index (χ1n) is 8.29. The van der Waals surface area contributed by atoms with Gasteiger partial charge in [-0.15, -0.1) is 0 Å². The van der Waals surface area contributed by atoms with Gasteiger partial charge in [-0.1, -0.05) is 0 Å². The Balaban J connectivity index is 1.84. The first kappa shape index (κ1) is 19.1. The molecule has 1 saturated heterocycles. The molecule has 144 valence electrons. The molecule has 3 rings (SSSR count). The van der Waals surface area contributed by atoms with Gasteiger partial charge >= 0.3 is 5.97 Å². The van der Waals surface area contributed by atoms with Crippen molar-refractivity contribution in [3.63, 3.8) is 0 Å². The third-order valence-electron chi connectivity index (χ3n) is 4.52. The Morgan fingerprint density at radius 3 is 2.63 bits per heavy atom. The number of hydrogen-bond donors (Lipinski definition) is 2. The van der Waals surface area contributed by atoms with Gasteiger partial charge in [0.25, 0.3) is 5.56 Å². The second-order valence-electron chi connectivity index (χ2n) is 6.19. The third kappa shape index (κ3) is 3.86. The number of sulfonamides is 1. The van der Waals surface area contributed by atoms with Gasteiger partial charge in [0.05, 0.1) is 12.0 Å². The molecule has 0 aliphatic carbocycles. The van der Waals surface area contributed by atoms with Crippen LogP contribution in [-0.2, 0) is 10.0 Å². The van der Waals surface area contributed by atoms with Crippen LogP contribution in [0.2, 0.25) is 0 Å². The number of ether oxygens (including phenoxy) is 1. The van der Waals surface area contributed by atoms with Crippen LogP contribution in [0.5, 0.6) is 5.75 Å². The quantitative estimate of drug-likeness (QED) is 0.776. The summed E-state index contributed by atoms with van der Waals surface area (Å²) in [5.41, 5.74) is -1.19. The van der Waals surface area contributed by atoms with E-state index in [2.05, 4.69) is 9.97 Å². The van der Waals surface area contributed by atoms with Crippen LogP contribution in [-0.4, -0.2) is 54.0 Å². The van der Waals surface area contributed by atoms with Crippen LogP contribution in [0.15, 0.2) is 40.2 Å². The van der Waals surface area contributed by atoms with E-state index < -0.39 is 27.1 Å². The zero-order valence-corrected chi connectivity index (χ0v) is 15.4. The summed E-state index contributed by atoms with van der Waals surface area (Å²) in [5, 5.41) is 8.92. The topological polar surface area (TPSA) is 130 Å². The predicted molar refractivity (Wildman–Crippen MR) is 95.5 cm³/mol. The Labute approximate surface area is 155 Å². The minimum Gasteiger partial charge on any atom is -0.497 e. The Morgan fingerprint density at radius 1 is 1.33 bits per heavy atom. The van der Waals surface area contributed by atoms with Crippen molar-refractivity contribution >= 4 is 16.0 Å². The number of carbonyl (C=O) groups is 1. The Kier molecular flexibility index (Phi) is 5.29. The normalized spacial score (nSPS) is 18.2. The number of aromatic nitrogens is 2. The molecule has 1 fully saturated rings. The third-order valence-corrected chi connectivity index (χ3v) is 6.40. The number of H-pyrrole nitrogens is 1. The monoisotopic (exact) mass is 393 g/mol. The van der Waals surface area contributed by atoms with Crippen molar-refractivity contribution in [1.82, 2.24) is 14.3 Å². The van der Waals surface area contributed by atoms with Crippen molar-refractivity contribution in [1.29, 1.82) is 0 Å². The second-order valence-corrected chi connectivity index (χ2v) is 8.13. The highest BCUT2D eigenvalue weighted by Crippen LogP contribution is 2.28. The van der Waals surface area contributed by atoms with Crippen molar-refractivity contribution in [3.05, 3.63) is 52.2 Å². The van der Waals surface area contributed by atoms with Gasteiger partial charge in [0, 0.05) is 25.2 Å². The van der Waals surface area contributed by atoms with Crippen molar-refractivity contribution in [2.75, 3.05) is 20.2 Å². The number of carboxylic acids is 1. The minimum absolute atomic E-state index is 0.156. The van der Waals surface area contributed by atoms with Gasteiger partial charge in [0.1, 0.15) is 17.1 Å². The number of nitrogens with one attached hydrogen (secondary N) is 1. The second kappa shape index (κ2) is 7.49. The number of piperidine rings is 1. The van der Waals surface area contributed by atoms with Crippen LogP contribution in [0.4, 0.5) is 0 Å². The molecule has 1 aromatic heterocycles. The molecule has 1 aliphatic heterocycles. The molecule has 2 N–H and O–H groups in total. The molecule has 0 saturated carbocycles. The zero-order valence-electron chi connectivity index (χ0n) is 14.6. The summed E-state index contributed by atoms with van der Waals surface area (Å²) in [6.45, 7) is 0.520. The van der Waals surface area contributed by atoms with Gasteiger partial charge in [0.2, 0.25) is 10.0 Å². The fourth-order valence-electron chi connectivity index (χ4n) is 3.05. The summed E-state index contributed by atoms with van der Waals surface area (Å²) < 4.78 is 32.2. The van der Waals surface area contributed by atoms with Crippen LogP contribution in [0.1, 0.15) is 34.9 Å². The summed E-state index contributed by atoms with van der Waals surface area (Å²) in [6.07, 6.45) is 2.25. The van der Waals surface area contributed by atoms with Crippen LogP contribution in [0.3, 0.4) is 0 Å². The first-order valence-corrected chi connectivity index (χ1v) is 9.73. The maximum atomic E-state index is 12.9. The molecule has 0 radical (unpaired) electrons. The highest BCUT2D eigenvalue weighted by molar-refractivity contribution is 7.89. The predicted octanol–water partition coefficient (Wildman–Crippen LogP) is 1.04. The van der Waals surface area contributed by atoms with E-state index in [9.17, 15) is 18.0 Å². The lowest BCUT2D eigenvalue weighted by atomic mass is 9.99. The van der Waals surface area contributed by atoms with Crippen LogP contribution in [0, 0.1) is 0 Å². The summed E-state index contributed by atoms with van der Waals surface area (Å²) in [4.78, 5) is 29.5. The van der Waals surface area contributed by atoms with Gasteiger partial charge in [-0.3, -0.25) is 4.79 Å². The smallest absolute Gasteiger partial charge is 0.342 e. The van der Waals surface area contributed by atoms with Crippen molar-refractivity contribution in [2.24, 2.45) is 0 Å². The molecule has 0 amide bonds. The summed E-state index contributed by atoms with van der Waals surface area (Å²) in [5.74, 6) is -0.824. The summed E-state index contributed by atoms with van der Waals surface area (Å²) in [6, 6.07) is 6.13. The maximum absolute atomic E-state index is 12.9. The molecule has 2 heterocycles. The number of nitrogens with zero attached hydrogens (tertiary/aromatic N) is 2. The fraction of sp³-hybridized carbons (Fsp3) is 0.353. The molecule has 10 heteroatoms. The molecule has 1 aromatic carbocycles. The molecule has 0 unspecified atom stereocenters. The SMILES string of the molecule is COc1ccc(S(=O)(=O)N2CCC[C@@H](c3ncc(C(=O)O)c(=O)[nH]3)C2)cc1. The van der Waals surface area contributed by atoms with Crippen molar-refractivity contribution in [3.8, 4) is 5.75 Å². The number of hydrogen-bond acceptors (Lipinski definition) is 6. The van der Waals surface area contributed by atoms with Gasteiger partial charge < -0.3 is 14.8 Å². The Bertz CT molecular complexity index is 1000. The highest BCUT2D eigenvalue weighted by Gasteiger charge is 2.32. The molecule has 0 spiro atoms. The number of aromatic amines is 1. The van der Waals surface area contributed by atoms with Crippen LogP contribution in [0.25, 0.3) is 0 Å². The molecular weight excluding hydrogens is 374 g/mol. The number of carboxylic acid groups (broad SMARTS) is 1. The fourth-order valence-corrected chi connectivity index (χ4v) is 4.57. The molecule has 0 bridgehead atoms. The van der Waals surface area contributed by atoms with Gasteiger partial charge in [-0.05, 0) is 37.1 Å². The Morgan fingerprint density at radius 2 is 2.04 bits per heavy atom. The van der Waals surface area contributed by atoms with Gasteiger partial charge in [-0.25, -0.2) is 18.2 Å². The largest absolute Gasteiger partial charge is 0.497 e. The number of methoxy groups -OCH3 is 1. The van der Waals surface area contributed by atoms with Crippen LogP contribution < -0.4 is 10.3 Å². The Hall–Kier alpha value is -2.72. The van der Waals surface area contributed by atoms with Crippen molar-refractivity contribution in [2.45, 2.75) is 23.7 Å². The van der Waals surface area contributed by atoms with E-state index in [0.717, 1.165) is 6.20 Å². The van der Waals surface area contributed by atoms with Crippen molar-refractivity contribution < 1.29 is 23.1 Å². The standard InChI is InChI=1S/C17H19N3O6S/c1-26-12-4-6-13(7-5-12)27(24,25)20-8-2-3-11(10-20)15-18-9-14(17(22)23)16(21)19-15/h4-7,9,11H,2-3,8,10H2,1H3,(H,22,23)(H,18,19,21)/t11-/m1/s1. The minimum atomic E-state index is -3.70. The number of aromatic carboxylic acids is 1. The van der Waals surface area contributed by atoms with E-state index in [4.69, 9.17) is 9.84 Å². The number of benzene rings is 1. The molecule has 9 nitrogen and oxygen atoms in total. The summed E-state index contributed by atoms with van der Waals surface area (Å²) in [7, 11) is -2.19. The lowest BCUT2D eigenvalue weighted by Crippen LogP contribution is -2.40. The zero-order chi connectivity index (χ0) is 19.6. The van der Waals surface area contributed by atoms with E-state index in [0.29, 0.717) is 31.0 Å². The van der Waals surface area contributed by atoms with Gasteiger partial charge in [0.15, 0.2) is 0 Å². The summed E-state index contributed by atoms with van der Waals surface area (Å²) >= 11 is 0. The van der Waals surface area contributed by atoms with E-state index in [-0.39, 0.29) is 17.4 Å². The van der Waals surface area contributed by atoms with Gasteiger partial charge in [-0.2, -0.15) is 4.31 Å². The average Bonchev–Trinajstić information content (AvgIpc) is 2.67. The number of rotatable bonds is 5. The van der Waals surface area contributed by atoms with E-state index >= 15 is 0 Å².